The fourth-order valence-corrected chi connectivity index (χ4v) is 1.86. The predicted molar refractivity (Wildman–Crippen MR) is 53.7 cm³/mol. The molecule has 1 saturated heterocycles. The molecule has 2 heterocycles. The zero-order valence-electron chi connectivity index (χ0n) is 7.38. The van der Waals surface area contributed by atoms with E-state index in [0.717, 1.165) is 6.54 Å². The average Bonchev–Trinajstić information content (AvgIpc) is 2.47. The summed E-state index contributed by atoms with van der Waals surface area (Å²) >= 11 is 0. The van der Waals surface area contributed by atoms with Gasteiger partial charge in [0.1, 0.15) is 0 Å². The van der Waals surface area contributed by atoms with Crippen molar-refractivity contribution < 1.29 is 0 Å². The van der Waals surface area contributed by atoms with Crippen LogP contribution < -0.4 is 5.32 Å². The molecule has 1 fully saturated rings. The Kier molecular flexibility index (Phi) is 1.43. The minimum atomic E-state index is 0.597. The zero-order chi connectivity index (χ0) is 8.67. The van der Waals surface area contributed by atoms with E-state index >= 15 is 0 Å². The van der Waals surface area contributed by atoms with Gasteiger partial charge in [0.2, 0.25) is 0 Å². The van der Waals surface area contributed by atoms with E-state index in [9.17, 15) is 0 Å². The molecular formula is C11H12N2. The van der Waals surface area contributed by atoms with Gasteiger partial charge >= 0.3 is 0 Å². The number of hydrogen-bond donors (Lipinski definition) is 2. The van der Waals surface area contributed by atoms with Crippen molar-refractivity contribution in [2.75, 3.05) is 6.54 Å². The molecule has 3 rings (SSSR count). The Bertz CT molecular complexity index is 426. The maximum absolute atomic E-state index is 3.41. The lowest BCUT2D eigenvalue weighted by molar-refractivity contribution is 0.383. The second-order valence-electron chi connectivity index (χ2n) is 3.62. The maximum atomic E-state index is 3.41. The van der Waals surface area contributed by atoms with Gasteiger partial charge in [-0.3, -0.25) is 0 Å². The van der Waals surface area contributed by atoms with E-state index in [1.165, 1.54) is 22.9 Å². The van der Waals surface area contributed by atoms with Crippen LogP contribution in [0.4, 0.5) is 0 Å². The highest BCUT2D eigenvalue weighted by Crippen LogP contribution is 2.25. The largest absolute Gasteiger partial charge is 0.361 e. The Morgan fingerprint density at radius 3 is 2.92 bits per heavy atom. The molecule has 1 aliphatic rings. The molecule has 1 aromatic heterocycles. The van der Waals surface area contributed by atoms with Gasteiger partial charge in [0.05, 0.1) is 0 Å². The van der Waals surface area contributed by atoms with E-state index in [1.807, 2.05) is 6.20 Å². The van der Waals surface area contributed by atoms with Crippen molar-refractivity contribution >= 4 is 10.9 Å². The minimum Gasteiger partial charge on any atom is -0.361 e. The van der Waals surface area contributed by atoms with Crippen molar-refractivity contribution in [1.82, 2.24) is 10.3 Å². The van der Waals surface area contributed by atoms with E-state index in [0.29, 0.717) is 6.04 Å². The number of aromatic nitrogens is 1. The fraction of sp³-hybridized carbons (Fsp3) is 0.273. The first-order valence-electron chi connectivity index (χ1n) is 4.74. The topological polar surface area (TPSA) is 27.8 Å². The summed E-state index contributed by atoms with van der Waals surface area (Å²) in [4.78, 5) is 3.20. The molecule has 0 aliphatic carbocycles. The monoisotopic (exact) mass is 172 g/mol. The van der Waals surface area contributed by atoms with Gasteiger partial charge < -0.3 is 10.3 Å². The lowest BCUT2D eigenvalue weighted by atomic mass is 9.97. The predicted octanol–water partition coefficient (Wildman–Crippen LogP) is 2.20. The van der Waals surface area contributed by atoms with Crippen LogP contribution in [0.2, 0.25) is 0 Å². The van der Waals surface area contributed by atoms with E-state index in [2.05, 4.69) is 34.6 Å². The third kappa shape index (κ3) is 1.06. The molecule has 0 bridgehead atoms. The van der Waals surface area contributed by atoms with Crippen LogP contribution in [0.1, 0.15) is 18.0 Å². The maximum Gasteiger partial charge on any atom is 0.0454 e. The molecule has 2 heteroatoms. The van der Waals surface area contributed by atoms with Crippen molar-refractivity contribution in [2.45, 2.75) is 12.5 Å². The molecule has 2 aromatic rings. The van der Waals surface area contributed by atoms with Gasteiger partial charge in [-0.1, -0.05) is 6.07 Å². The van der Waals surface area contributed by atoms with Gasteiger partial charge in [-0.15, -0.1) is 0 Å². The molecule has 1 aromatic carbocycles. The van der Waals surface area contributed by atoms with E-state index in [-0.39, 0.29) is 0 Å². The van der Waals surface area contributed by atoms with Crippen molar-refractivity contribution in [2.24, 2.45) is 0 Å². The molecule has 66 valence electrons. The molecule has 0 saturated carbocycles. The summed E-state index contributed by atoms with van der Waals surface area (Å²) in [7, 11) is 0. The third-order valence-corrected chi connectivity index (χ3v) is 2.80. The van der Waals surface area contributed by atoms with E-state index in [1.54, 1.807) is 0 Å². The standard InChI is InChI=1S/C11H12N2/c1-2-10-9(3-5-12-10)7-8(1)11-4-6-13-11/h1-3,5,7,11-13H,4,6H2/t11-/m1/s1. The molecule has 0 spiro atoms. The van der Waals surface area contributed by atoms with Crippen LogP contribution in [0.3, 0.4) is 0 Å². The van der Waals surface area contributed by atoms with Gasteiger partial charge in [0, 0.05) is 17.8 Å². The molecule has 2 N–H and O–H groups in total. The Hall–Kier alpha value is -1.28. The Morgan fingerprint density at radius 1 is 1.23 bits per heavy atom. The van der Waals surface area contributed by atoms with Gasteiger partial charge in [0.15, 0.2) is 0 Å². The first-order chi connectivity index (χ1) is 6.43. The molecule has 0 amide bonds. The number of benzene rings is 1. The normalized spacial score (nSPS) is 21.7. The molecule has 0 unspecified atom stereocenters. The first kappa shape index (κ1) is 7.15. The van der Waals surface area contributed by atoms with Gasteiger partial charge in [-0.25, -0.2) is 0 Å². The molecule has 1 atom stereocenters. The zero-order valence-corrected chi connectivity index (χ0v) is 7.38. The van der Waals surface area contributed by atoms with Gasteiger partial charge in [0.25, 0.3) is 0 Å². The highest BCUT2D eigenvalue weighted by atomic mass is 15.0. The second kappa shape index (κ2) is 2.60. The summed E-state index contributed by atoms with van der Waals surface area (Å²) in [5, 5.41) is 4.72. The summed E-state index contributed by atoms with van der Waals surface area (Å²) in [5.41, 5.74) is 2.64. The number of fused-ring (bicyclic) bond motifs is 1. The lowest BCUT2D eigenvalue weighted by Gasteiger charge is -2.28. The quantitative estimate of drug-likeness (QED) is 0.678. The molecular weight excluding hydrogens is 160 g/mol. The smallest absolute Gasteiger partial charge is 0.0454 e. The van der Waals surface area contributed by atoms with Gasteiger partial charge in [-0.2, -0.15) is 0 Å². The molecule has 13 heavy (non-hydrogen) atoms. The van der Waals surface area contributed by atoms with E-state index < -0.39 is 0 Å². The van der Waals surface area contributed by atoms with Crippen LogP contribution in [-0.2, 0) is 0 Å². The summed E-state index contributed by atoms with van der Waals surface area (Å²) < 4.78 is 0. The van der Waals surface area contributed by atoms with Crippen LogP contribution in [0.25, 0.3) is 10.9 Å². The summed E-state index contributed by atoms with van der Waals surface area (Å²) in [6.45, 7) is 1.16. The number of H-pyrrole nitrogens is 1. The van der Waals surface area contributed by atoms with E-state index in [4.69, 9.17) is 0 Å². The van der Waals surface area contributed by atoms with Crippen LogP contribution >= 0.6 is 0 Å². The Labute approximate surface area is 77.0 Å². The van der Waals surface area contributed by atoms with Crippen LogP contribution in [-0.4, -0.2) is 11.5 Å². The van der Waals surface area contributed by atoms with Gasteiger partial charge in [-0.05, 0) is 42.1 Å². The lowest BCUT2D eigenvalue weighted by Crippen LogP contribution is -2.34. The number of hydrogen-bond acceptors (Lipinski definition) is 1. The third-order valence-electron chi connectivity index (χ3n) is 2.80. The molecule has 1 aliphatic heterocycles. The summed E-state index contributed by atoms with van der Waals surface area (Å²) in [6.07, 6.45) is 3.26. The number of aromatic amines is 1. The second-order valence-corrected chi connectivity index (χ2v) is 3.62. The van der Waals surface area contributed by atoms with Crippen molar-refractivity contribution in [3.05, 3.63) is 36.0 Å². The number of nitrogens with one attached hydrogen (secondary N) is 2. The Morgan fingerprint density at radius 2 is 2.15 bits per heavy atom. The minimum absolute atomic E-state index is 0.597. The number of rotatable bonds is 1. The summed E-state index contributed by atoms with van der Waals surface area (Å²) in [6, 6.07) is 9.35. The van der Waals surface area contributed by atoms with Crippen molar-refractivity contribution in [3.8, 4) is 0 Å². The SMILES string of the molecule is c1cc2cc([C@H]3CCN3)ccc2[nH]1. The fourth-order valence-electron chi connectivity index (χ4n) is 1.86. The molecule has 2 nitrogen and oxygen atoms in total. The highest BCUT2D eigenvalue weighted by molar-refractivity contribution is 5.80. The molecule has 0 radical (unpaired) electrons. The van der Waals surface area contributed by atoms with Crippen molar-refractivity contribution in [3.63, 3.8) is 0 Å². The Balaban J connectivity index is 2.09. The van der Waals surface area contributed by atoms with Crippen LogP contribution in [0.5, 0.6) is 0 Å². The van der Waals surface area contributed by atoms with Crippen LogP contribution in [0, 0.1) is 0 Å². The first-order valence-corrected chi connectivity index (χ1v) is 4.74. The van der Waals surface area contributed by atoms with Crippen molar-refractivity contribution in [1.29, 1.82) is 0 Å². The summed E-state index contributed by atoms with van der Waals surface area (Å²) in [5.74, 6) is 0. The van der Waals surface area contributed by atoms with Crippen LogP contribution in [0.15, 0.2) is 30.5 Å². The average molecular weight is 172 g/mol. The highest BCUT2D eigenvalue weighted by Gasteiger charge is 2.18.